The molecule has 5 rings (SSSR count). The Kier molecular flexibility index (Phi) is 3.67. The van der Waals surface area contributed by atoms with Crippen LogP contribution in [0.1, 0.15) is 30.7 Å². The molecule has 6 nitrogen and oxygen atoms in total. The molecular formula is C18H24N6S. The summed E-state index contributed by atoms with van der Waals surface area (Å²) >= 11 is 1.87. The molecule has 1 fully saturated rings. The molecule has 1 aliphatic heterocycles. The van der Waals surface area contributed by atoms with E-state index in [-0.39, 0.29) is 0 Å². The summed E-state index contributed by atoms with van der Waals surface area (Å²) in [5, 5.41) is 5.77. The fraction of sp³-hybridized carbons (Fsp3) is 0.611. The molecule has 0 saturated carbocycles. The van der Waals surface area contributed by atoms with E-state index in [4.69, 9.17) is 4.98 Å². The van der Waals surface area contributed by atoms with Crippen molar-refractivity contribution >= 4 is 33.1 Å². The standard InChI is InChI=1S/C18H24N6S/c1-3-22-6-8-23(9-7-22)18-21-17-15(16-19-11-20-24(16)18)13-10-12(2)4-5-14(13)25-17/h11-12H,3-10H2,1-2H3/t12-/m1/s1. The second-order valence-electron chi connectivity index (χ2n) is 7.36. The van der Waals surface area contributed by atoms with Gasteiger partial charge in [-0.2, -0.15) is 9.61 Å². The van der Waals surface area contributed by atoms with Gasteiger partial charge in [-0.25, -0.2) is 9.97 Å². The fourth-order valence-electron chi connectivity index (χ4n) is 4.22. The van der Waals surface area contributed by atoms with Crippen LogP contribution in [0.3, 0.4) is 0 Å². The number of hydrogen-bond donors (Lipinski definition) is 0. The number of likely N-dealkylation sites (N-methyl/N-ethyl adjacent to an activating group) is 1. The van der Waals surface area contributed by atoms with E-state index in [9.17, 15) is 0 Å². The van der Waals surface area contributed by atoms with E-state index in [2.05, 4.69) is 33.7 Å². The molecule has 1 atom stereocenters. The Bertz CT molecular complexity index is 921. The van der Waals surface area contributed by atoms with Crippen LogP contribution in [-0.2, 0) is 12.8 Å². The maximum Gasteiger partial charge on any atom is 0.230 e. The second-order valence-corrected chi connectivity index (χ2v) is 8.44. The molecule has 1 saturated heterocycles. The van der Waals surface area contributed by atoms with Crippen molar-refractivity contribution in [2.75, 3.05) is 37.6 Å². The maximum absolute atomic E-state index is 5.07. The van der Waals surface area contributed by atoms with E-state index < -0.39 is 0 Å². The van der Waals surface area contributed by atoms with Gasteiger partial charge < -0.3 is 9.80 Å². The largest absolute Gasteiger partial charge is 0.338 e. The Morgan fingerprint density at radius 2 is 2.08 bits per heavy atom. The molecule has 0 aromatic carbocycles. The molecule has 3 aromatic heterocycles. The molecule has 0 spiro atoms. The summed E-state index contributed by atoms with van der Waals surface area (Å²) in [4.78, 5) is 17.2. The van der Waals surface area contributed by atoms with Crippen molar-refractivity contribution in [3.8, 4) is 0 Å². The second kappa shape index (κ2) is 5.92. The van der Waals surface area contributed by atoms with Gasteiger partial charge in [0.1, 0.15) is 11.2 Å². The quantitative estimate of drug-likeness (QED) is 0.706. The third-order valence-electron chi connectivity index (χ3n) is 5.75. The van der Waals surface area contributed by atoms with Crippen LogP contribution < -0.4 is 4.90 Å². The number of aromatic nitrogens is 4. The third kappa shape index (κ3) is 2.44. The monoisotopic (exact) mass is 356 g/mol. The highest BCUT2D eigenvalue weighted by Gasteiger charge is 2.26. The topological polar surface area (TPSA) is 49.6 Å². The van der Waals surface area contributed by atoms with Crippen molar-refractivity contribution in [1.82, 2.24) is 24.5 Å². The molecule has 0 N–H and O–H groups in total. The van der Waals surface area contributed by atoms with Crippen LogP contribution in [0.5, 0.6) is 0 Å². The summed E-state index contributed by atoms with van der Waals surface area (Å²) in [6, 6.07) is 0. The van der Waals surface area contributed by atoms with Gasteiger partial charge in [-0.1, -0.05) is 13.8 Å². The van der Waals surface area contributed by atoms with Gasteiger partial charge in [0.25, 0.3) is 0 Å². The van der Waals surface area contributed by atoms with E-state index in [0.717, 1.165) is 61.5 Å². The SMILES string of the molecule is CCN1CCN(c2nc3sc4c(c3c3ncnn23)C[C@H](C)CC4)CC1. The van der Waals surface area contributed by atoms with Crippen molar-refractivity contribution in [2.24, 2.45) is 5.92 Å². The zero-order chi connectivity index (χ0) is 17.0. The van der Waals surface area contributed by atoms with Crippen molar-refractivity contribution in [3.05, 3.63) is 16.8 Å². The van der Waals surface area contributed by atoms with Crippen LogP contribution in [0.25, 0.3) is 15.9 Å². The molecule has 7 heteroatoms. The van der Waals surface area contributed by atoms with Gasteiger partial charge in [-0.05, 0) is 37.3 Å². The van der Waals surface area contributed by atoms with Crippen molar-refractivity contribution in [3.63, 3.8) is 0 Å². The molecule has 0 radical (unpaired) electrons. The van der Waals surface area contributed by atoms with Crippen LogP contribution >= 0.6 is 11.3 Å². The maximum atomic E-state index is 5.07. The van der Waals surface area contributed by atoms with E-state index >= 15 is 0 Å². The van der Waals surface area contributed by atoms with Crippen molar-refractivity contribution < 1.29 is 0 Å². The lowest BCUT2D eigenvalue weighted by Crippen LogP contribution is -2.47. The van der Waals surface area contributed by atoms with Gasteiger partial charge in [0.15, 0.2) is 5.65 Å². The van der Waals surface area contributed by atoms with Crippen LogP contribution in [0.2, 0.25) is 0 Å². The molecule has 0 amide bonds. The highest BCUT2D eigenvalue weighted by atomic mass is 32.1. The lowest BCUT2D eigenvalue weighted by molar-refractivity contribution is 0.269. The molecule has 0 unspecified atom stereocenters. The Hall–Kier alpha value is -1.73. The van der Waals surface area contributed by atoms with Gasteiger partial charge in [0.05, 0.1) is 5.39 Å². The number of anilines is 1. The van der Waals surface area contributed by atoms with Crippen LogP contribution in [-0.4, -0.2) is 57.2 Å². The minimum atomic E-state index is 0.745. The number of aryl methyl sites for hydroxylation is 1. The van der Waals surface area contributed by atoms with Gasteiger partial charge in [-0.15, -0.1) is 11.3 Å². The average Bonchev–Trinajstić information content (AvgIpc) is 3.24. The van der Waals surface area contributed by atoms with E-state index in [0.29, 0.717) is 0 Å². The minimum Gasteiger partial charge on any atom is -0.338 e. The number of rotatable bonds is 2. The Morgan fingerprint density at radius 3 is 2.88 bits per heavy atom. The summed E-state index contributed by atoms with van der Waals surface area (Å²) in [7, 11) is 0. The molecular weight excluding hydrogens is 332 g/mol. The lowest BCUT2D eigenvalue weighted by atomic mass is 9.89. The molecule has 0 bridgehead atoms. The molecule has 3 aromatic rings. The van der Waals surface area contributed by atoms with Crippen LogP contribution in [0, 0.1) is 5.92 Å². The summed E-state index contributed by atoms with van der Waals surface area (Å²) in [6.45, 7) is 9.88. The summed E-state index contributed by atoms with van der Waals surface area (Å²) < 4.78 is 1.97. The Morgan fingerprint density at radius 1 is 1.24 bits per heavy atom. The van der Waals surface area contributed by atoms with Crippen molar-refractivity contribution in [2.45, 2.75) is 33.1 Å². The van der Waals surface area contributed by atoms with Crippen LogP contribution in [0.15, 0.2) is 6.33 Å². The molecule has 1 aliphatic carbocycles. The Labute approximate surface area is 151 Å². The molecule has 2 aliphatic rings. The number of nitrogens with zero attached hydrogens (tertiary/aromatic N) is 6. The first kappa shape index (κ1) is 15.5. The van der Waals surface area contributed by atoms with E-state index in [1.165, 1.54) is 28.7 Å². The van der Waals surface area contributed by atoms with Crippen molar-refractivity contribution in [1.29, 1.82) is 0 Å². The summed E-state index contributed by atoms with van der Waals surface area (Å²) in [6.07, 6.45) is 5.30. The number of piperazine rings is 1. The van der Waals surface area contributed by atoms with Gasteiger partial charge in [0.2, 0.25) is 5.95 Å². The van der Waals surface area contributed by atoms with Gasteiger partial charge in [-0.3, -0.25) is 0 Å². The highest BCUT2D eigenvalue weighted by molar-refractivity contribution is 7.19. The first-order chi connectivity index (χ1) is 12.2. The van der Waals surface area contributed by atoms with E-state index in [1.807, 2.05) is 15.9 Å². The predicted octanol–water partition coefficient (Wildman–Crippen LogP) is 2.61. The zero-order valence-electron chi connectivity index (χ0n) is 14.9. The third-order valence-corrected chi connectivity index (χ3v) is 6.94. The summed E-state index contributed by atoms with van der Waals surface area (Å²) in [5.41, 5.74) is 2.47. The van der Waals surface area contributed by atoms with Crippen LogP contribution in [0.4, 0.5) is 5.95 Å². The number of hydrogen-bond acceptors (Lipinski definition) is 6. The smallest absolute Gasteiger partial charge is 0.230 e. The fourth-order valence-corrected chi connectivity index (χ4v) is 5.42. The molecule has 25 heavy (non-hydrogen) atoms. The predicted molar refractivity (Wildman–Crippen MR) is 102 cm³/mol. The lowest BCUT2D eigenvalue weighted by Gasteiger charge is -2.34. The van der Waals surface area contributed by atoms with E-state index in [1.54, 1.807) is 6.33 Å². The molecule has 132 valence electrons. The first-order valence-corrected chi connectivity index (χ1v) is 10.2. The Balaban J connectivity index is 1.64. The normalized spacial score (nSPS) is 22.0. The highest BCUT2D eigenvalue weighted by Crippen LogP contribution is 2.39. The number of thiophene rings is 1. The minimum absolute atomic E-state index is 0.745. The average molecular weight is 356 g/mol. The number of fused-ring (bicyclic) bond motifs is 5. The first-order valence-electron chi connectivity index (χ1n) is 9.36. The zero-order valence-corrected chi connectivity index (χ0v) is 15.7. The van der Waals surface area contributed by atoms with Gasteiger partial charge >= 0.3 is 0 Å². The van der Waals surface area contributed by atoms with Gasteiger partial charge in [0, 0.05) is 31.1 Å². The molecule has 4 heterocycles. The summed E-state index contributed by atoms with van der Waals surface area (Å²) in [5.74, 6) is 1.71.